The summed E-state index contributed by atoms with van der Waals surface area (Å²) in [6.07, 6.45) is 8.14. The summed E-state index contributed by atoms with van der Waals surface area (Å²) >= 11 is 0. The zero-order chi connectivity index (χ0) is 19.3. The molecular formula is C21H24N4O3. The minimum atomic E-state index is -0.198. The van der Waals surface area contributed by atoms with Gasteiger partial charge in [0.2, 0.25) is 0 Å². The van der Waals surface area contributed by atoms with Crippen LogP contribution >= 0.6 is 0 Å². The minimum absolute atomic E-state index is 0.0153. The molecule has 0 amide bonds. The Morgan fingerprint density at radius 3 is 2.96 bits per heavy atom. The van der Waals surface area contributed by atoms with Crippen LogP contribution in [0.3, 0.4) is 0 Å². The Labute approximate surface area is 162 Å². The second kappa shape index (κ2) is 8.33. The maximum atomic E-state index is 12.2. The maximum Gasteiger partial charge on any atom is 0.274 e. The van der Waals surface area contributed by atoms with Crippen LogP contribution in [0.4, 0.5) is 5.69 Å². The van der Waals surface area contributed by atoms with Crippen LogP contribution in [0, 0.1) is 0 Å². The number of H-pyrrole nitrogens is 2. The van der Waals surface area contributed by atoms with Crippen molar-refractivity contribution < 1.29 is 9.57 Å². The lowest BCUT2D eigenvalue weighted by molar-refractivity contribution is 0.0890. The maximum absolute atomic E-state index is 12.2. The van der Waals surface area contributed by atoms with Crippen LogP contribution < -0.4 is 15.9 Å². The van der Waals surface area contributed by atoms with Crippen molar-refractivity contribution in [3.63, 3.8) is 0 Å². The average Bonchev–Trinajstić information content (AvgIpc) is 3.13. The molecule has 2 aromatic heterocycles. The van der Waals surface area contributed by atoms with Gasteiger partial charge in [-0.15, -0.1) is 0 Å². The highest BCUT2D eigenvalue weighted by atomic mass is 16.7. The molecule has 0 unspecified atom stereocenters. The van der Waals surface area contributed by atoms with Gasteiger partial charge in [-0.25, -0.2) is 0 Å². The van der Waals surface area contributed by atoms with E-state index in [4.69, 9.17) is 9.57 Å². The van der Waals surface area contributed by atoms with Crippen molar-refractivity contribution in [2.45, 2.75) is 18.5 Å². The first-order valence-corrected chi connectivity index (χ1v) is 9.35. The summed E-state index contributed by atoms with van der Waals surface area (Å²) in [6.45, 7) is 1.21. The number of hydrogen-bond acceptors (Lipinski definition) is 5. The number of benzene rings is 1. The van der Waals surface area contributed by atoms with E-state index in [2.05, 4.69) is 39.7 Å². The minimum Gasteiger partial charge on any atom is -0.387 e. The summed E-state index contributed by atoms with van der Waals surface area (Å²) in [5.74, 6) is 0. The number of aromatic nitrogens is 2. The average molecular weight is 380 g/mol. The highest BCUT2D eigenvalue weighted by Gasteiger charge is 2.31. The van der Waals surface area contributed by atoms with Gasteiger partial charge in [-0.05, 0) is 42.8 Å². The van der Waals surface area contributed by atoms with Gasteiger partial charge in [0.05, 0.1) is 12.6 Å². The molecule has 0 spiro atoms. The third-order valence-corrected chi connectivity index (χ3v) is 5.00. The fraction of sp³-hybridized carbons (Fsp3) is 0.286. The number of hydroxylamine groups is 1. The molecule has 1 aliphatic rings. The Kier molecular flexibility index (Phi) is 5.45. The largest absolute Gasteiger partial charge is 0.387 e. The highest BCUT2D eigenvalue weighted by molar-refractivity contribution is 5.83. The smallest absolute Gasteiger partial charge is 0.274 e. The van der Waals surface area contributed by atoms with Gasteiger partial charge in [0.25, 0.3) is 5.56 Å². The fourth-order valence-corrected chi connectivity index (χ4v) is 3.62. The van der Waals surface area contributed by atoms with E-state index in [1.807, 2.05) is 12.1 Å². The highest BCUT2D eigenvalue weighted by Crippen LogP contribution is 2.21. The van der Waals surface area contributed by atoms with Crippen molar-refractivity contribution in [2.24, 2.45) is 0 Å². The quantitative estimate of drug-likeness (QED) is 0.586. The standard InChI is InChI=1S/C21H24N4O3/c1-27-14-20-18(9-12-28-25(20)19-7-4-10-23-21(19)26)22-11-8-15-13-24-17-6-3-2-5-16(15)17/h2-7,9-10,12-13,18,20,22,24H,8,11,14H2,1H3,(H,23,26)/t18-,20+/m0/s1. The van der Waals surface area contributed by atoms with Gasteiger partial charge in [0.1, 0.15) is 18.0 Å². The monoisotopic (exact) mass is 380 g/mol. The van der Waals surface area contributed by atoms with Crippen molar-refractivity contribution >= 4 is 16.6 Å². The van der Waals surface area contributed by atoms with Crippen LogP contribution in [0.5, 0.6) is 0 Å². The van der Waals surface area contributed by atoms with Crippen molar-refractivity contribution in [3.8, 4) is 0 Å². The zero-order valence-corrected chi connectivity index (χ0v) is 15.7. The van der Waals surface area contributed by atoms with Crippen molar-refractivity contribution in [1.82, 2.24) is 15.3 Å². The molecule has 0 bridgehead atoms. The third-order valence-electron chi connectivity index (χ3n) is 5.00. The van der Waals surface area contributed by atoms with Crippen molar-refractivity contribution in [3.05, 3.63) is 77.0 Å². The topological polar surface area (TPSA) is 82.4 Å². The molecule has 4 rings (SSSR count). The van der Waals surface area contributed by atoms with Gasteiger partial charge in [-0.2, -0.15) is 5.06 Å². The molecule has 3 heterocycles. The molecule has 3 aromatic rings. The van der Waals surface area contributed by atoms with Crippen LogP contribution in [0.25, 0.3) is 10.9 Å². The van der Waals surface area contributed by atoms with E-state index in [-0.39, 0.29) is 17.6 Å². The van der Waals surface area contributed by atoms with Gasteiger partial charge in [0.15, 0.2) is 0 Å². The second-order valence-electron chi connectivity index (χ2n) is 6.76. The number of pyridine rings is 1. The van der Waals surface area contributed by atoms with Gasteiger partial charge >= 0.3 is 0 Å². The number of anilines is 1. The molecule has 7 heteroatoms. The SMILES string of the molecule is COC[C@@H]1[C@@H](NCCc2c[nH]c3ccccc23)C=CON1c1ccc[nH]c1=O. The van der Waals surface area contributed by atoms with E-state index in [9.17, 15) is 4.79 Å². The van der Waals surface area contributed by atoms with Crippen LogP contribution in [-0.4, -0.2) is 42.3 Å². The molecule has 0 fully saturated rings. The summed E-state index contributed by atoms with van der Waals surface area (Å²) in [4.78, 5) is 23.9. The Bertz CT molecular complexity index is 1010. The summed E-state index contributed by atoms with van der Waals surface area (Å²) < 4.78 is 5.40. The molecule has 0 aliphatic carbocycles. The molecule has 0 saturated heterocycles. The Balaban J connectivity index is 1.47. The van der Waals surface area contributed by atoms with Crippen molar-refractivity contribution in [2.75, 3.05) is 25.3 Å². The normalized spacial score (nSPS) is 19.1. The molecular weight excluding hydrogens is 356 g/mol. The second-order valence-corrected chi connectivity index (χ2v) is 6.76. The molecule has 1 aliphatic heterocycles. The zero-order valence-electron chi connectivity index (χ0n) is 15.7. The Hall–Kier alpha value is -3.03. The molecule has 0 radical (unpaired) electrons. The van der Waals surface area contributed by atoms with Gasteiger partial charge < -0.3 is 24.9 Å². The lowest BCUT2D eigenvalue weighted by atomic mass is 10.1. The van der Waals surface area contributed by atoms with Crippen molar-refractivity contribution in [1.29, 1.82) is 0 Å². The van der Waals surface area contributed by atoms with E-state index in [0.717, 1.165) is 18.5 Å². The molecule has 0 saturated carbocycles. The molecule has 1 aromatic carbocycles. The summed E-state index contributed by atoms with van der Waals surface area (Å²) in [5, 5.41) is 6.43. The first-order valence-electron chi connectivity index (χ1n) is 9.35. The summed E-state index contributed by atoms with van der Waals surface area (Å²) in [7, 11) is 1.65. The number of ether oxygens (including phenoxy) is 1. The molecule has 28 heavy (non-hydrogen) atoms. The lowest BCUT2D eigenvalue weighted by Gasteiger charge is -2.37. The first kappa shape index (κ1) is 18.3. The molecule has 7 nitrogen and oxygen atoms in total. The number of aromatic amines is 2. The fourth-order valence-electron chi connectivity index (χ4n) is 3.62. The predicted octanol–water partition coefficient (Wildman–Crippen LogP) is 2.34. The number of rotatable bonds is 7. The van der Waals surface area contributed by atoms with Gasteiger partial charge in [-0.3, -0.25) is 4.79 Å². The van der Waals surface area contributed by atoms with E-state index in [1.165, 1.54) is 10.9 Å². The number of hydrogen-bond donors (Lipinski definition) is 3. The van der Waals surface area contributed by atoms with E-state index < -0.39 is 0 Å². The van der Waals surface area contributed by atoms with E-state index in [0.29, 0.717) is 12.3 Å². The number of nitrogens with zero attached hydrogens (tertiary/aromatic N) is 1. The molecule has 146 valence electrons. The van der Waals surface area contributed by atoms with Crippen LogP contribution in [-0.2, 0) is 16.0 Å². The number of methoxy groups -OCH3 is 1. The summed E-state index contributed by atoms with van der Waals surface area (Å²) in [6, 6.07) is 11.6. The number of nitrogens with one attached hydrogen (secondary N) is 3. The predicted molar refractivity (Wildman–Crippen MR) is 109 cm³/mol. The van der Waals surface area contributed by atoms with Gasteiger partial charge in [-0.1, -0.05) is 18.2 Å². The molecule has 3 N–H and O–H groups in total. The lowest BCUT2D eigenvalue weighted by Crippen LogP contribution is -2.54. The third kappa shape index (κ3) is 3.67. The van der Waals surface area contributed by atoms with E-state index in [1.54, 1.807) is 36.8 Å². The number of fused-ring (bicyclic) bond motifs is 1. The van der Waals surface area contributed by atoms with E-state index >= 15 is 0 Å². The van der Waals surface area contributed by atoms with Crippen LogP contribution in [0.1, 0.15) is 5.56 Å². The first-order chi connectivity index (χ1) is 13.8. The van der Waals surface area contributed by atoms with Gasteiger partial charge in [0, 0.05) is 30.4 Å². The van der Waals surface area contributed by atoms with Crippen LogP contribution in [0.15, 0.2) is 65.9 Å². The summed E-state index contributed by atoms with van der Waals surface area (Å²) in [5.41, 5.74) is 2.68. The van der Waals surface area contributed by atoms with Crippen LogP contribution in [0.2, 0.25) is 0 Å². The Morgan fingerprint density at radius 1 is 1.21 bits per heavy atom. The molecule has 2 atom stereocenters. The Morgan fingerprint density at radius 2 is 2.11 bits per heavy atom. The number of para-hydroxylation sites is 1.